The average Bonchev–Trinajstić information content (AvgIpc) is 1.93. The lowest BCUT2D eigenvalue weighted by molar-refractivity contribution is -0.0742. The number of rotatable bonds is 2. The van der Waals surface area contributed by atoms with Crippen molar-refractivity contribution in [3.63, 3.8) is 0 Å². The minimum atomic E-state index is 0.479. The van der Waals surface area contributed by atoms with E-state index >= 15 is 0 Å². The van der Waals surface area contributed by atoms with E-state index in [1.165, 1.54) is 0 Å². The second-order valence-corrected chi connectivity index (χ2v) is 2.58. The van der Waals surface area contributed by atoms with E-state index in [9.17, 15) is 0 Å². The molecule has 0 fully saturated rings. The normalized spacial score (nSPS) is 10.5. The minimum absolute atomic E-state index is 0.479. The molecule has 0 aliphatic heterocycles. The van der Waals surface area contributed by atoms with E-state index in [1.807, 2.05) is 19.1 Å². The lowest BCUT2D eigenvalue weighted by Crippen LogP contribution is -2.13. The molecule has 0 aliphatic carbocycles. The number of hydrogen-bond donors (Lipinski definition) is 1. The summed E-state index contributed by atoms with van der Waals surface area (Å²) in [6, 6.07) is 3.86. The smallest absolute Gasteiger partial charge is 0.0661 e. The topological polar surface area (TPSA) is 36.4 Å². The van der Waals surface area contributed by atoms with Crippen LogP contribution in [-0.4, -0.2) is 22.3 Å². The van der Waals surface area contributed by atoms with Gasteiger partial charge in [-0.05, 0) is 18.6 Å². The van der Waals surface area contributed by atoms with Gasteiger partial charge in [0.15, 0.2) is 0 Å². The van der Waals surface area contributed by atoms with Crippen LogP contribution in [0.5, 0.6) is 0 Å². The summed E-state index contributed by atoms with van der Waals surface area (Å²) in [5, 5.41) is 10.0. The Bertz CT molecular complexity index is 235. The van der Waals surface area contributed by atoms with Crippen LogP contribution < -0.4 is 0 Å². The molecule has 60 valence electrons. The maximum atomic E-state index is 8.92. The van der Waals surface area contributed by atoms with Gasteiger partial charge in [-0.2, -0.15) is 5.06 Å². The summed E-state index contributed by atoms with van der Waals surface area (Å²) >= 11 is 0. The van der Waals surface area contributed by atoms with Crippen molar-refractivity contribution in [1.29, 1.82) is 0 Å². The molecular weight excluding hydrogens is 140 g/mol. The third kappa shape index (κ3) is 2.29. The summed E-state index contributed by atoms with van der Waals surface area (Å²) in [6.45, 7) is 2.46. The first-order chi connectivity index (χ1) is 5.20. The Hall–Kier alpha value is -0.930. The molecule has 0 unspecified atom stereocenters. The second-order valence-electron chi connectivity index (χ2n) is 2.58. The highest BCUT2D eigenvalue weighted by atomic mass is 16.5. The van der Waals surface area contributed by atoms with Crippen molar-refractivity contribution < 1.29 is 5.21 Å². The highest BCUT2D eigenvalue weighted by molar-refractivity contribution is 5.16. The molecule has 0 bridgehead atoms. The van der Waals surface area contributed by atoms with Crippen LogP contribution in [0.1, 0.15) is 11.3 Å². The third-order valence-corrected chi connectivity index (χ3v) is 1.50. The zero-order valence-electron chi connectivity index (χ0n) is 6.78. The Kier molecular flexibility index (Phi) is 2.57. The predicted molar refractivity (Wildman–Crippen MR) is 42.2 cm³/mol. The summed E-state index contributed by atoms with van der Waals surface area (Å²) in [5.41, 5.74) is 2.02. The Balaban J connectivity index is 2.78. The largest absolute Gasteiger partial charge is 0.314 e. The first-order valence-corrected chi connectivity index (χ1v) is 3.50. The minimum Gasteiger partial charge on any atom is -0.314 e. The summed E-state index contributed by atoms with van der Waals surface area (Å²) in [5.74, 6) is 0. The second kappa shape index (κ2) is 3.46. The third-order valence-electron chi connectivity index (χ3n) is 1.50. The molecule has 1 heterocycles. The fourth-order valence-electron chi connectivity index (χ4n) is 0.901. The zero-order valence-corrected chi connectivity index (χ0v) is 6.78. The van der Waals surface area contributed by atoms with Crippen LogP contribution in [0.15, 0.2) is 18.3 Å². The zero-order chi connectivity index (χ0) is 8.27. The molecular formula is C8H12N2O. The SMILES string of the molecule is Cc1cccnc1CN(C)O. The van der Waals surface area contributed by atoms with Gasteiger partial charge >= 0.3 is 0 Å². The van der Waals surface area contributed by atoms with E-state index in [0.717, 1.165) is 16.3 Å². The lowest BCUT2D eigenvalue weighted by atomic mass is 10.2. The molecule has 0 spiro atoms. The van der Waals surface area contributed by atoms with Crippen molar-refractivity contribution in [3.8, 4) is 0 Å². The van der Waals surface area contributed by atoms with Gasteiger partial charge in [0.25, 0.3) is 0 Å². The molecule has 0 atom stereocenters. The van der Waals surface area contributed by atoms with E-state index in [1.54, 1.807) is 13.2 Å². The maximum Gasteiger partial charge on any atom is 0.0661 e. The van der Waals surface area contributed by atoms with Gasteiger partial charge in [-0.3, -0.25) is 4.98 Å². The fraction of sp³-hybridized carbons (Fsp3) is 0.375. The molecule has 11 heavy (non-hydrogen) atoms. The van der Waals surface area contributed by atoms with Crippen LogP contribution in [0.2, 0.25) is 0 Å². The van der Waals surface area contributed by atoms with E-state index in [0.29, 0.717) is 6.54 Å². The van der Waals surface area contributed by atoms with Crippen LogP contribution in [0.25, 0.3) is 0 Å². The highest BCUT2D eigenvalue weighted by Gasteiger charge is 1.99. The molecule has 1 aromatic rings. The van der Waals surface area contributed by atoms with E-state index < -0.39 is 0 Å². The Labute approximate surface area is 66.3 Å². The van der Waals surface area contributed by atoms with E-state index in [4.69, 9.17) is 5.21 Å². The van der Waals surface area contributed by atoms with Crippen LogP contribution in [0, 0.1) is 6.92 Å². The Morgan fingerprint density at radius 1 is 1.64 bits per heavy atom. The van der Waals surface area contributed by atoms with Crippen molar-refractivity contribution in [2.75, 3.05) is 7.05 Å². The van der Waals surface area contributed by atoms with Crippen molar-refractivity contribution in [2.24, 2.45) is 0 Å². The molecule has 3 heteroatoms. The fourth-order valence-corrected chi connectivity index (χ4v) is 0.901. The first-order valence-electron chi connectivity index (χ1n) is 3.50. The number of aryl methyl sites for hydroxylation is 1. The molecule has 3 nitrogen and oxygen atoms in total. The number of aromatic nitrogens is 1. The van der Waals surface area contributed by atoms with E-state index in [-0.39, 0.29) is 0 Å². The predicted octanol–water partition coefficient (Wildman–Crippen LogP) is 1.21. The van der Waals surface area contributed by atoms with E-state index in [2.05, 4.69) is 4.98 Å². The van der Waals surface area contributed by atoms with Crippen LogP contribution >= 0.6 is 0 Å². The van der Waals surface area contributed by atoms with Gasteiger partial charge in [-0.25, -0.2) is 0 Å². The summed E-state index contributed by atoms with van der Waals surface area (Å²) < 4.78 is 0. The molecule has 0 saturated heterocycles. The number of hydrogen-bond acceptors (Lipinski definition) is 3. The molecule has 1 aromatic heterocycles. The van der Waals surface area contributed by atoms with Gasteiger partial charge in [0.05, 0.1) is 12.2 Å². The van der Waals surface area contributed by atoms with Gasteiger partial charge in [0.2, 0.25) is 0 Å². The van der Waals surface area contributed by atoms with Crippen molar-refractivity contribution >= 4 is 0 Å². The van der Waals surface area contributed by atoms with Gasteiger partial charge < -0.3 is 5.21 Å². The summed E-state index contributed by atoms with van der Waals surface area (Å²) in [4.78, 5) is 4.12. The molecule has 0 radical (unpaired) electrons. The highest BCUT2D eigenvalue weighted by Crippen LogP contribution is 2.03. The number of hydroxylamine groups is 2. The molecule has 0 aromatic carbocycles. The van der Waals surface area contributed by atoms with Crippen molar-refractivity contribution in [1.82, 2.24) is 10.0 Å². The van der Waals surface area contributed by atoms with Gasteiger partial charge in [-0.15, -0.1) is 0 Å². The van der Waals surface area contributed by atoms with Crippen molar-refractivity contribution in [2.45, 2.75) is 13.5 Å². The maximum absolute atomic E-state index is 8.92. The van der Waals surface area contributed by atoms with Gasteiger partial charge in [0, 0.05) is 13.2 Å². The first kappa shape index (κ1) is 8.17. The lowest BCUT2D eigenvalue weighted by Gasteiger charge is -2.08. The monoisotopic (exact) mass is 152 g/mol. The Morgan fingerprint density at radius 2 is 2.36 bits per heavy atom. The molecule has 1 rings (SSSR count). The van der Waals surface area contributed by atoms with Crippen LogP contribution in [0.3, 0.4) is 0 Å². The number of nitrogens with zero attached hydrogens (tertiary/aromatic N) is 2. The van der Waals surface area contributed by atoms with Gasteiger partial charge in [0.1, 0.15) is 0 Å². The average molecular weight is 152 g/mol. The molecule has 1 N–H and O–H groups in total. The molecule has 0 amide bonds. The molecule has 0 aliphatic rings. The Morgan fingerprint density at radius 3 is 2.91 bits per heavy atom. The van der Waals surface area contributed by atoms with Crippen molar-refractivity contribution in [3.05, 3.63) is 29.6 Å². The van der Waals surface area contributed by atoms with Gasteiger partial charge in [-0.1, -0.05) is 6.07 Å². The number of pyridine rings is 1. The summed E-state index contributed by atoms with van der Waals surface area (Å²) in [7, 11) is 1.61. The standard InChI is InChI=1S/C8H12N2O/c1-7-4-3-5-9-8(7)6-10(2)11/h3-5,11H,6H2,1-2H3. The molecule has 0 saturated carbocycles. The quantitative estimate of drug-likeness (QED) is 0.647. The van der Waals surface area contributed by atoms with Crippen LogP contribution in [-0.2, 0) is 6.54 Å². The van der Waals surface area contributed by atoms with Crippen LogP contribution in [0.4, 0.5) is 0 Å². The summed E-state index contributed by atoms with van der Waals surface area (Å²) in [6.07, 6.45) is 1.73.